The van der Waals surface area contributed by atoms with Gasteiger partial charge in [0.2, 0.25) is 0 Å². The lowest BCUT2D eigenvalue weighted by Gasteiger charge is -2.04. The molecule has 16 heavy (non-hydrogen) atoms. The zero-order valence-electron chi connectivity index (χ0n) is 9.10. The van der Waals surface area contributed by atoms with Gasteiger partial charge in [-0.3, -0.25) is 4.68 Å². The quantitative estimate of drug-likeness (QED) is 0.825. The Kier molecular flexibility index (Phi) is 2.56. The summed E-state index contributed by atoms with van der Waals surface area (Å²) in [5, 5.41) is 16.3. The van der Waals surface area contributed by atoms with Crippen LogP contribution in [0.5, 0.6) is 0 Å². The van der Waals surface area contributed by atoms with Crippen molar-refractivity contribution in [2.24, 2.45) is 7.05 Å². The molecule has 0 bridgehead atoms. The van der Waals surface area contributed by atoms with Crippen LogP contribution in [0.25, 0.3) is 0 Å². The zero-order chi connectivity index (χ0) is 11.5. The van der Waals surface area contributed by atoms with Gasteiger partial charge in [0.1, 0.15) is 6.07 Å². The second-order valence-corrected chi connectivity index (χ2v) is 3.44. The van der Waals surface area contributed by atoms with Crippen molar-refractivity contribution >= 4 is 11.4 Å². The summed E-state index contributed by atoms with van der Waals surface area (Å²) in [5.74, 6) is 0. The first kappa shape index (κ1) is 10.2. The van der Waals surface area contributed by atoms with Crippen LogP contribution in [0.15, 0.2) is 24.5 Å². The number of nitrogens with one attached hydrogen (secondary N) is 1. The Morgan fingerprint density at radius 2 is 2.25 bits per heavy atom. The molecule has 0 spiro atoms. The van der Waals surface area contributed by atoms with Crippen LogP contribution < -0.4 is 5.32 Å². The van der Waals surface area contributed by atoms with Gasteiger partial charge in [-0.15, -0.1) is 0 Å². The molecule has 0 atom stereocenters. The Hall–Kier alpha value is -2.35. The van der Waals surface area contributed by atoms with E-state index < -0.39 is 0 Å². The summed E-state index contributed by atoms with van der Waals surface area (Å²) in [4.78, 5) is 3.98. The molecule has 2 aromatic rings. The molecule has 0 fully saturated rings. The van der Waals surface area contributed by atoms with Gasteiger partial charge in [-0.25, -0.2) is 4.98 Å². The molecule has 0 saturated heterocycles. The van der Waals surface area contributed by atoms with Gasteiger partial charge in [-0.2, -0.15) is 10.4 Å². The van der Waals surface area contributed by atoms with Crippen LogP contribution in [-0.4, -0.2) is 14.8 Å². The average Bonchev–Trinajstić information content (AvgIpc) is 2.58. The minimum absolute atomic E-state index is 0.380. The summed E-state index contributed by atoms with van der Waals surface area (Å²) in [6, 6.07) is 5.65. The number of aryl methyl sites for hydroxylation is 2. The molecule has 5 heteroatoms. The highest BCUT2D eigenvalue weighted by Gasteiger charge is 2.06. The van der Waals surface area contributed by atoms with Gasteiger partial charge in [-0.05, 0) is 19.1 Å². The Morgan fingerprint density at radius 1 is 1.44 bits per heavy atom. The molecule has 0 unspecified atom stereocenters. The van der Waals surface area contributed by atoms with Crippen LogP contribution in [0.2, 0.25) is 0 Å². The number of hydrogen-bond acceptors (Lipinski definition) is 4. The highest BCUT2D eigenvalue weighted by molar-refractivity contribution is 5.65. The Bertz CT molecular complexity index is 550. The molecule has 0 amide bonds. The first-order valence-corrected chi connectivity index (χ1v) is 4.83. The number of anilines is 2. The van der Waals surface area contributed by atoms with E-state index in [4.69, 9.17) is 5.26 Å². The van der Waals surface area contributed by atoms with Gasteiger partial charge in [0.05, 0.1) is 17.1 Å². The van der Waals surface area contributed by atoms with E-state index in [1.807, 2.05) is 32.3 Å². The van der Waals surface area contributed by atoms with Crippen LogP contribution in [-0.2, 0) is 7.05 Å². The minimum atomic E-state index is 0.380. The number of pyridine rings is 1. The number of aromatic nitrogens is 3. The van der Waals surface area contributed by atoms with Crippen LogP contribution in [0.1, 0.15) is 11.4 Å². The van der Waals surface area contributed by atoms with Crippen LogP contribution in [0.4, 0.5) is 11.4 Å². The molecule has 2 aromatic heterocycles. The molecule has 0 aliphatic carbocycles. The van der Waals surface area contributed by atoms with Crippen molar-refractivity contribution in [1.82, 2.24) is 14.8 Å². The predicted octanol–water partition coefficient (Wildman–Crippen LogP) is 1.74. The maximum absolute atomic E-state index is 8.90. The topological polar surface area (TPSA) is 66.5 Å². The molecular formula is C11H11N5. The van der Waals surface area contributed by atoms with E-state index in [9.17, 15) is 0 Å². The molecule has 2 heterocycles. The molecule has 0 aromatic carbocycles. The van der Waals surface area contributed by atoms with E-state index in [2.05, 4.69) is 15.4 Å². The fraction of sp³-hybridized carbons (Fsp3) is 0.182. The van der Waals surface area contributed by atoms with Crippen molar-refractivity contribution in [3.63, 3.8) is 0 Å². The fourth-order valence-corrected chi connectivity index (χ4v) is 1.46. The molecule has 80 valence electrons. The van der Waals surface area contributed by atoms with Crippen LogP contribution >= 0.6 is 0 Å². The van der Waals surface area contributed by atoms with Gasteiger partial charge in [0.15, 0.2) is 5.69 Å². The van der Waals surface area contributed by atoms with E-state index in [1.165, 1.54) is 0 Å². The monoisotopic (exact) mass is 213 g/mol. The molecule has 0 saturated carbocycles. The zero-order valence-corrected chi connectivity index (χ0v) is 9.10. The van der Waals surface area contributed by atoms with Gasteiger partial charge >= 0.3 is 0 Å². The van der Waals surface area contributed by atoms with E-state index in [-0.39, 0.29) is 0 Å². The standard InChI is InChI=1S/C11H11N5/c1-8-11(7-16(2)15-8)14-9-4-3-5-13-10(9)6-12/h3-5,7,14H,1-2H3. The van der Waals surface area contributed by atoms with Crippen molar-refractivity contribution < 1.29 is 0 Å². The summed E-state index contributed by atoms with van der Waals surface area (Å²) in [6.45, 7) is 1.91. The third-order valence-corrected chi connectivity index (χ3v) is 2.20. The lowest BCUT2D eigenvalue weighted by atomic mass is 10.3. The summed E-state index contributed by atoms with van der Waals surface area (Å²) in [5.41, 5.74) is 2.84. The van der Waals surface area contributed by atoms with Crippen LogP contribution in [0, 0.1) is 18.3 Å². The van der Waals surface area contributed by atoms with Crippen molar-refractivity contribution in [1.29, 1.82) is 5.26 Å². The van der Waals surface area contributed by atoms with Crippen molar-refractivity contribution in [3.05, 3.63) is 35.9 Å². The van der Waals surface area contributed by atoms with E-state index >= 15 is 0 Å². The van der Waals surface area contributed by atoms with Crippen molar-refractivity contribution in [2.45, 2.75) is 6.92 Å². The molecule has 5 nitrogen and oxygen atoms in total. The van der Waals surface area contributed by atoms with Gasteiger partial charge in [-0.1, -0.05) is 0 Å². The third-order valence-electron chi connectivity index (χ3n) is 2.20. The first-order valence-electron chi connectivity index (χ1n) is 4.83. The normalized spacial score (nSPS) is 9.81. The van der Waals surface area contributed by atoms with E-state index in [0.29, 0.717) is 11.4 Å². The Morgan fingerprint density at radius 3 is 2.88 bits per heavy atom. The maximum Gasteiger partial charge on any atom is 0.163 e. The fourth-order valence-electron chi connectivity index (χ4n) is 1.46. The number of rotatable bonds is 2. The second-order valence-electron chi connectivity index (χ2n) is 3.44. The predicted molar refractivity (Wildman–Crippen MR) is 60.2 cm³/mol. The summed E-state index contributed by atoms with van der Waals surface area (Å²) >= 11 is 0. The average molecular weight is 213 g/mol. The van der Waals surface area contributed by atoms with Crippen molar-refractivity contribution in [3.8, 4) is 6.07 Å². The summed E-state index contributed by atoms with van der Waals surface area (Å²) in [7, 11) is 1.85. The lowest BCUT2D eigenvalue weighted by molar-refractivity contribution is 0.756. The maximum atomic E-state index is 8.90. The lowest BCUT2D eigenvalue weighted by Crippen LogP contribution is -1.95. The first-order chi connectivity index (χ1) is 7.70. The molecule has 0 aliphatic rings. The summed E-state index contributed by atoms with van der Waals surface area (Å²) in [6.07, 6.45) is 3.46. The molecule has 1 N–H and O–H groups in total. The largest absolute Gasteiger partial charge is 0.350 e. The highest BCUT2D eigenvalue weighted by atomic mass is 15.3. The van der Waals surface area contributed by atoms with E-state index in [1.54, 1.807) is 16.9 Å². The SMILES string of the molecule is Cc1nn(C)cc1Nc1cccnc1C#N. The molecule has 0 aliphatic heterocycles. The Balaban J connectivity index is 2.34. The molecule has 2 rings (SSSR count). The molecular weight excluding hydrogens is 202 g/mol. The molecule has 0 radical (unpaired) electrons. The highest BCUT2D eigenvalue weighted by Crippen LogP contribution is 2.20. The van der Waals surface area contributed by atoms with Gasteiger partial charge < -0.3 is 5.32 Å². The van der Waals surface area contributed by atoms with Crippen molar-refractivity contribution in [2.75, 3.05) is 5.32 Å². The summed E-state index contributed by atoms with van der Waals surface area (Å²) < 4.78 is 1.72. The second kappa shape index (κ2) is 4.03. The van der Waals surface area contributed by atoms with Gasteiger partial charge in [0.25, 0.3) is 0 Å². The van der Waals surface area contributed by atoms with E-state index in [0.717, 1.165) is 11.4 Å². The van der Waals surface area contributed by atoms with Crippen LogP contribution in [0.3, 0.4) is 0 Å². The third kappa shape index (κ3) is 1.86. The Labute approximate surface area is 93.4 Å². The smallest absolute Gasteiger partial charge is 0.163 e. The number of hydrogen-bond donors (Lipinski definition) is 1. The number of nitriles is 1. The van der Waals surface area contributed by atoms with Gasteiger partial charge in [0, 0.05) is 19.4 Å². The minimum Gasteiger partial charge on any atom is -0.350 e. The number of nitrogens with zero attached hydrogens (tertiary/aromatic N) is 4.